The van der Waals surface area contributed by atoms with Gasteiger partial charge in [0.1, 0.15) is 0 Å². The third-order valence-corrected chi connectivity index (χ3v) is 6.94. The second-order valence-electron chi connectivity index (χ2n) is 8.01. The largest absolute Gasteiger partial charge is 0.0949 e. The lowest BCUT2D eigenvalue weighted by Gasteiger charge is -2.34. The van der Waals surface area contributed by atoms with E-state index in [1.54, 1.807) is 6.42 Å². The van der Waals surface area contributed by atoms with Crippen molar-refractivity contribution in [2.45, 2.75) is 65.1 Å². The topological polar surface area (TPSA) is 0 Å². The smallest absolute Gasteiger partial charge is 0.0686 e. The Balaban J connectivity index is 2.04. The first-order chi connectivity index (χ1) is 7.93. The van der Waals surface area contributed by atoms with Crippen LogP contribution in [-0.2, 0) is 0 Å². The molecule has 0 bridgehead atoms. The summed E-state index contributed by atoms with van der Waals surface area (Å²) in [6.45, 7) is 10.0. The van der Waals surface area contributed by atoms with Gasteiger partial charge in [-0.05, 0) is 55.3 Å². The zero-order valence-electron chi connectivity index (χ0n) is 12.1. The van der Waals surface area contributed by atoms with Crippen molar-refractivity contribution in [1.29, 1.82) is 0 Å². The average molecular weight is 248 g/mol. The van der Waals surface area contributed by atoms with Gasteiger partial charge in [-0.15, -0.1) is 0 Å². The normalized spacial score (nSPS) is 47.5. The van der Waals surface area contributed by atoms with E-state index in [2.05, 4.69) is 32.3 Å². The molecule has 3 rings (SSSR count). The van der Waals surface area contributed by atoms with Crippen LogP contribution >= 0.6 is 0 Å². The van der Waals surface area contributed by atoms with Crippen molar-refractivity contribution >= 4 is 8.07 Å². The first kappa shape index (κ1) is 12.0. The Kier molecular flexibility index (Phi) is 2.63. The number of rotatable bonds is 1. The van der Waals surface area contributed by atoms with Crippen LogP contribution in [0.3, 0.4) is 0 Å². The van der Waals surface area contributed by atoms with E-state index in [1.807, 2.05) is 5.57 Å². The summed E-state index contributed by atoms with van der Waals surface area (Å²) in [5.74, 6) is 3.03. The van der Waals surface area contributed by atoms with E-state index in [1.165, 1.54) is 32.1 Å². The van der Waals surface area contributed by atoms with Gasteiger partial charge in [-0.1, -0.05) is 44.3 Å². The lowest BCUT2D eigenvalue weighted by atomic mass is 9.73. The SMILES string of the molecule is CC1C[C@H]2CC[C@@H]3CCC[C@@]32/C1=C\[Si](C)(C)C. The molecular weight excluding hydrogens is 220 g/mol. The number of hydrogen-bond acceptors (Lipinski definition) is 0. The van der Waals surface area contributed by atoms with Crippen LogP contribution in [-0.4, -0.2) is 8.07 Å². The highest BCUT2D eigenvalue weighted by Gasteiger charge is 2.59. The Bertz CT molecular complexity index is 349. The van der Waals surface area contributed by atoms with Crippen molar-refractivity contribution in [3.8, 4) is 0 Å². The van der Waals surface area contributed by atoms with E-state index in [-0.39, 0.29) is 0 Å². The molecule has 3 saturated carbocycles. The van der Waals surface area contributed by atoms with Gasteiger partial charge in [0.2, 0.25) is 0 Å². The molecule has 3 fully saturated rings. The molecule has 1 heteroatoms. The molecule has 3 aliphatic rings. The lowest BCUT2D eigenvalue weighted by Crippen LogP contribution is -2.28. The maximum Gasteiger partial charge on any atom is 0.0686 e. The van der Waals surface area contributed by atoms with E-state index < -0.39 is 8.07 Å². The molecule has 0 aliphatic heterocycles. The number of hydrogen-bond donors (Lipinski definition) is 0. The zero-order chi connectivity index (χ0) is 12.3. The quantitative estimate of drug-likeness (QED) is 0.571. The van der Waals surface area contributed by atoms with Crippen LogP contribution in [0.5, 0.6) is 0 Å². The predicted molar refractivity (Wildman–Crippen MR) is 77.7 cm³/mol. The Morgan fingerprint density at radius 1 is 1.12 bits per heavy atom. The predicted octanol–water partition coefficient (Wildman–Crippen LogP) is 5.03. The molecule has 3 aliphatic carbocycles. The molecule has 0 amide bonds. The van der Waals surface area contributed by atoms with Crippen LogP contribution in [0.4, 0.5) is 0 Å². The first-order valence-electron chi connectivity index (χ1n) is 7.67. The maximum atomic E-state index is 2.79. The summed E-state index contributed by atoms with van der Waals surface area (Å²) >= 11 is 0. The van der Waals surface area contributed by atoms with Gasteiger partial charge in [-0.2, -0.15) is 0 Å². The minimum absolute atomic E-state index is 0.708. The third kappa shape index (κ3) is 1.68. The van der Waals surface area contributed by atoms with E-state index in [0.29, 0.717) is 5.41 Å². The lowest BCUT2D eigenvalue weighted by molar-refractivity contribution is 0.253. The summed E-state index contributed by atoms with van der Waals surface area (Å²) in [4.78, 5) is 0. The van der Waals surface area contributed by atoms with Gasteiger partial charge >= 0.3 is 0 Å². The van der Waals surface area contributed by atoms with Gasteiger partial charge in [-0.25, -0.2) is 0 Å². The molecule has 0 aromatic heterocycles. The van der Waals surface area contributed by atoms with Crippen LogP contribution in [0.15, 0.2) is 11.3 Å². The summed E-state index contributed by atoms with van der Waals surface area (Å²) in [5.41, 5.74) is 5.43. The van der Waals surface area contributed by atoms with Gasteiger partial charge in [0.15, 0.2) is 0 Å². The van der Waals surface area contributed by atoms with Crippen LogP contribution in [0.25, 0.3) is 0 Å². The highest BCUT2D eigenvalue weighted by molar-refractivity contribution is 6.81. The van der Waals surface area contributed by atoms with Crippen molar-refractivity contribution in [2.75, 3.05) is 0 Å². The summed E-state index contributed by atoms with van der Waals surface area (Å²) in [5, 5.41) is 0. The maximum absolute atomic E-state index is 2.79. The summed E-state index contributed by atoms with van der Waals surface area (Å²) in [6, 6.07) is 0. The second-order valence-corrected chi connectivity index (χ2v) is 13.0. The highest BCUT2D eigenvalue weighted by Crippen LogP contribution is 2.68. The van der Waals surface area contributed by atoms with Crippen molar-refractivity contribution in [2.24, 2.45) is 23.2 Å². The Labute approximate surface area is 108 Å². The second kappa shape index (κ2) is 3.72. The van der Waals surface area contributed by atoms with E-state index in [4.69, 9.17) is 0 Å². The molecule has 0 heterocycles. The highest BCUT2D eigenvalue weighted by atomic mass is 28.3. The molecule has 0 nitrogen and oxygen atoms in total. The van der Waals surface area contributed by atoms with Crippen molar-refractivity contribution in [3.63, 3.8) is 0 Å². The Morgan fingerprint density at radius 2 is 1.82 bits per heavy atom. The zero-order valence-corrected chi connectivity index (χ0v) is 13.1. The Hall–Kier alpha value is -0.0431. The van der Waals surface area contributed by atoms with E-state index in [9.17, 15) is 0 Å². The fourth-order valence-corrected chi connectivity index (χ4v) is 6.89. The summed E-state index contributed by atoms with van der Waals surface area (Å²) < 4.78 is 0. The van der Waals surface area contributed by atoms with Crippen LogP contribution in [0.2, 0.25) is 19.6 Å². The number of allylic oxidation sites excluding steroid dienone is 1. The van der Waals surface area contributed by atoms with Gasteiger partial charge in [0.05, 0.1) is 8.07 Å². The molecule has 96 valence electrons. The average Bonchev–Trinajstić information content (AvgIpc) is 2.79. The molecular formula is C16H28Si. The van der Waals surface area contributed by atoms with Crippen molar-refractivity contribution in [1.82, 2.24) is 0 Å². The van der Waals surface area contributed by atoms with Gasteiger partial charge < -0.3 is 0 Å². The first-order valence-corrected chi connectivity index (χ1v) is 11.2. The fraction of sp³-hybridized carbons (Fsp3) is 0.875. The summed E-state index contributed by atoms with van der Waals surface area (Å²) in [7, 11) is -1.05. The van der Waals surface area contributed by atoms with Crippen molar-refractivity contribution in [3.05, 3.63) is 11.3 Å². The Morgan fingerprint density at radius 3 is 2.53 bits per heavy atom. The molecule has 0 N–H and O–H groups in total. The molecule has 0 aromatic carbocycles. The molecule has 0 saturated heterocycles. The molecule has 1 unspecified atom stereocenters. The van der Waals surface area contributed by atoms with Gasteiger partial charge in [0, 0.05) is 0 Å². The van der Waals surface area contributed by atoms with Crippen LogP contribution in [0.1, 0.15) is 45.4 Å². The van der Waals surface area contributed by atoms with Crippen molar-refractivity contribution < 1.29 is 0 Å². The van der Waals surface area contributed by atoms with Gasteiger partial charge in [0.25, 0.3) is 0 Å². The van der Waals surface area contributed by atoms with E-state index in [0.717, 1.165) is 17.8 Å². The minimum Gasteiger partial charge on any atom is -0.0949 e. The van der Waals surface area contributed by atoms with Gasteiger partial charge in [-0.3, -0.25) is 0 Å². The molecule has 17 heavy (non-hydrogen) atoms. The van der Waals surface area contributed by atoms with Crippen LogP contribution in [0, 0.1) is 23.2 Å². The summed E-state index contributed by atoms with van der Waals surface area (Å²) in [6.07, 6.45) is 9.16. The van der Waals surface area contributed by atoms with E-state index >= 15 is 0 Å². The third-order valence-electron chi connectivity index (χ3n) is 5.76. The fourth-order valence-electron chi connectivity index (χ4n) is 5.40. The molecule has 1 spiro atoms. The minimum atomic E-state index is -1.05. The van der Waals surface area contributed by atoms with Crippen LogP contribution < -0.4 is 0 Å². The molecule has 0 radical (unpaired) electrons. The monoisotopic (exact) mass is 248 g/mol. The standard InChI is InChI=1S/C16H28Si/c1-12-10-14-8-7-13-6-5-9-16(13,14)15(12)11-17(2,3)4/h11-14H,5-10H2,1-4H3/b15-11-/t12?,13-,14+,16+/m0/s1. The molecule has 0 aromatic rings. The molecule has 4 atom stereocenters.